The van der Waals surface area contributed by atoms with E-state index in [4.69, 9.17) is 17.0 Å². The molecule has 0 aliphatic heterocycles. The van der Waals surface area contributed by atoms with E-state index in [9.17, 15) is 13.2 Å². The Morgan fingerprint density at radius 1 is 1.03 bits per heavy atom. The number of sulfonamides is 1. The van der Waals surface area contributed by atoms with E-state index in [2.05, 4.69) is 20.3 Å². The molecule has 33 heavy (non-hydrogen) atoms. The van der Waals surface area contributed by atoms with Crippen molar-refractivity contribution >= 4 is 66.2 Å². The molecule has 1 amide bonds. The molecule has 1 aromatic heterocycles. The molecule has 0 aliphatic carbocycles. The number of nitrogens with zero attached hydrogens (tertiary/aromatic N) is 1. The van der Waals surface area contributed by atoms with Gasteiger partial charge in [-0.1, -0.05) is 36.4 Å². The number of thiazole rings is 1. The van der Waals surface area contributed by atoms with E-state index in [0.29, 0.717) is 11.4 Å². The lowest BCUT2D eigenvalue weighted by molar-refractivity contribution is -0.121. The van der Waals surface area contributed by atoms with Crippen LogP contribution < -0.4 is 20.1 Å². The number of rotatable bonds is 7. The highest BCUT2D eigenvalue weighted by Crippen LogP contribution is 2.25. The van der Waals surface area contributed by atoms with Crippen LogP contribution in [0, 0.1) is 0 Å². The van der Waals surface area contributed by atoms with Gasteiger partial charge < -0.3 is 10.1 Å². The van der Waals surface area contributed by atoms with Gasteiger partial charge in [0.25, 0.3) is 15.9 Å². The van der Waals surface area contributed by atoms with Crippen LogP contribution >= 0.6 is 23.6 Å². The topological polar surface area (TPSA) is 109 Å². The van der Waals surface area contributed by atoms with Crippen LogP contribution in [0.1, 0.15) is 0 Å². The predicted molar refractivity (Wildman–Crippen MR) is 133 cm³/mol. The highest BCUT2D eigenvalue weighted by Gasteiger charge is 2.15. The van der Waals surface area contributed by atoms with Gasteiger partial charge in [0.2, 0.25) is 0 Å². The van der Waals surface area contributed by atoms with Gasteiger partial charge in [0.05, 0.1) is 4.90 Å². The average Bonchev–Trinajstić information content (AvgIpc) is 3.30. The van der Waals surface area contributed by atoms with Crippen molar-refractivity contribution in [3.8, 4) is 5.75 Å². The number of carbonyl (C=O) groups excluding carboxylic acids is 1. The number of fused-ring (bicyclic) bond motifs is 1. The van der Waals surface area contributed by atoms with Gasteiger partial charge in [-0.15, -0.1) is 11.3 Å². The zero-order valence-electron chi connectivity index (χ0n) is 17.0. The third kappa shape index (κ3) is 5.83. The van der Waals surface area contributed by atoms with Gasteiger partial charge in [0.1, 0.15) is 5.75 Å². The SMILES string of the molecule is O=C(COc1cccc2ccccc12)NC(=S)Nc1ccc(S(=O)(=O)Nc2nccs2)cc1. The monoisotopic (exact) mass is 498 g/mol. The maximum absolute atomic E-state index is 12.4. The standard InChI is InChI=1S/C22H18N4O4S3/c27-20(14-30-19-7-3-5-15-4-1-2-6-18(15)19)25-21(31)24-16-8-10-17(11-9-16)33(28,29)26-22-23-12-13-32-22/h1-13H,14H2,(H,23,26)(H2,24,25,27,31). The molecule has 0 aliphatic rings. The first-order chi connectivity index (χ1) is 15.9. The normalized spacial score (nSPS) is 11.0. The van der Waals surface area contributed by atoms with Crippen LogP contribution in [0.3, 0.4) is 0 Å². The minimum absolute atomic E-state index is 0.0676. The molecule has 4 rings (SSSR count). The Morgan fingerprint density at radius 2 is 1.79 bits per heavy atom. The van der Waals surface area contributed by atoms with Crippen molar-refractivity contribution in [1.82, 2.24) is 10.3 Å². The number of amides is 1. The molecule has 1 heterocycles. The Hall–Kier alpha value is -3.54. The highest BCUT2D eigenvalue weighted by atomic mass is 32.2. The van der Waals surface area contributed by atoms with Crippen molar-refractivity contribution in [3.05, 3.63) is 78.3 Å². The second kappa shape index (κ2) is 9.94. The van der Waals surface area contributed by atoms with Crippen LogP contribution in [0.2, 0.25) is 0 Å². The van der Waals surface area contributed by atoms with E-state index in [1.54, 1.807) is 23.6 Å². The van der Waals surface area contributed by atoms with Crippen molar-refractivity contribution in [3.63, 3.8) is 0 Å². The van der Waals surface area contributed by atoms with Gasteiger partial charge >= 0.3 is 0 Å². The van der Waals surface area contributed by atoms with Crippen LogP contribution in [0.25, 0.3) is 10.8 Å². The van der Waals surface area contributed by atoms with Crippen LogP contribution in [-0.4, -0.2) is 31.0 Å². The first-order valence-corrected chi connectivity index (χ1v) is 12.4. The minimum Gasteiger partial charge on any atom is -0.483 e. The minimum atomic E-state index is -3.75. The highest BCUT2D eigenvalue weighted by molar-refractivity contribution is 7.93. The van der Waals surface area contributed by atoms with Crippen molar-refractivity contribution in [2.24, 2.45) is 0 Å². The Bertz CT molecular complexity index is 1380. The lowest BCUT2D eigenvalue weighted by atomic mass is 10.1. The quantitative estimate of drug-likeness (QED) is 0.331. The third-order valence-electron chi connectivity index (χ3n) is 4.44. The Balaban J connectivity index is 1.30. The molecule has 0 unspecified atom stereocenters. The first kappa shape index (κ1) is 22.6. The Morgan fingerprint density at radius 3 is 2.55 bits per heavy atom. The second-order valence-corrected chi connectivity index (χ2v) is 9.72. The van der Waals surface area contributed by atoms with Gasteiger partial charge in [-0.2, -0.15) is 0 Å². The number of benzene rings is 3. The molecule has 0 fully saturated rings. The molecule has 0 bridgehead atoms. The molecule has 168 valence electrons. The smallest absolute Gasteiger partial charge is 0.264 e. The Labute approximate surface area is 199 Å². The third-order valence-corrected chi connectivity index (χ3v) is 6.81. The molecule has 11 heteroatoms. The number of hydrogen-bond acceptors (Lipinski definition) is 7. The zero-order valence-corrected chi connectivity index (χ0v) is 19.5. The molecule has 4 aromatic rings. The summed E-state index contributed by atoms with van der Waals surface area (Å²) < 4.78 is 32.8. The fourth-order valence-corrected chi connectivity index (χ4v) is 4.98. The van der Waals surface area contributed by atoms with E-state index in [0.717, 1.165) is 10.8 Å². The molecule has 8 nitrogen and oxygen atoms in total. The molecule has 3 aromatic carbocycles. The van der Waals surface area contributed by atoms with Gasteiger partial charge in [-0.25, -0.2) is 13.4 Å². The summed E-state index contributed by atoms with van der Waals surface area (Å²) in [7, 11) is -3.75. The summed E-state index contributed by atoms with van der Waals surface area (Å²) in [5, 5.41) is 9.33. The number of thiocarbonyl (C=S) groups is 1. The van der Waals surface area contributed by atoms with Crippen molar-refractivity contribution < 1.29 is 17.9 Å². The van der Waals surface area contributed by atoms with E-state index >= 15 is 0 Å². The predicted octanol–water partition coefficient (Wildman–Crippen LogP) is 3.99. The average molecular weight is 499 g/mol. The molecule has 3 N–H and O–H groups in total. The molecule has 0 spiro atoms. The molecule has 0 saturated heterocycles. The van der Waals surface area contributed by atoms with Crippen molar-refractivity contribution in [2.75, 3.05) is 16.6 Å². The molecular weight excluding hydrogens is 480 g/mol. The fraction of sp³-hybridized carbons (Fsp3) is 0.0455. The lowest BCUT2D eigenvalue weighted by Gasteiger charge is -2.12. The van der Waals surface area contributed by atoms with Crippen LogP contribution in [-0.2, 0) is 14.8 Å². The van der Waals surface area contributed by atoms with Crippen LogP contribution in [0.15, 0.2) is 83.2 Å². The molecule has 0 radical (unpaired) electrons. The summed E-state index contributed by atoms with van der Waals surface area (Å²) >= 11 is 6.35. The number of nitrogens with one attached hydrogen (secondary N) is 3. The summed E-state index contributed by atoms with van der Waals surface area (Å²) in [4.78, 5) is 16.2. The first-order valence-electron chi connectivity index (χ1n) is 9.64. The molecular formula is C22H18N4O4S3. The van der Waals surface area contributed by atoms with Gasteiger partial charge in [0.15, 0.2) is 16.9 Å². The largest absolute Gasteiger partial charge is 0.483 e. The number of anilines is 2. The van der Waals surface area contributed by atoms with E-state index in [-0.39, 0.29) is 21.7 Å². The maximum Gasteiger partial charge on any atom is 0.264 e. The van der Waals surface area contributed by atoms with Crippen molar-refractivity contribution in [2.45, 2.75) is 4.90 Å². The summed E-state index contributed by atoms with van der Waals surface area (Å²) in [5.74, 6) is 0.178. The summed E-state index contributed by atoms with van der Waals surface area (Å²) in [5.41, 5.74) is 0.517. The lowest BCUT2D eigenvalue weighted by Crippen LogP contribution is -2.37. The van der Waals surface area contributed by atoms with Gasteiger partial charge in [0, 0.05) is 22.7 Å². The van der Waals surface area contributed by atoms with E-state index in [1.165, 1.54) is 29.7 Å². The van der Waals surface area contributed by atoms with E-state index in [1.807, 2.05) is 36.4 Å². The zero-order chi connectivity index (χ0) is 23.3. The summed E-state index contributed by atoms with van der Waals surface area (Å²) in [6.07, 6.45) is 1.51. The van der Waals surface area contributed by atoms with Gasteiger partial charge in [-0.3, -0.25) is 14.8 Å². The number of hydrogen-bond donors (Lipinski definition) is 3. The molecule has 0 atom stereocenters. The number of carbonyl (C=O) groups is 1. The van der Waals surface area contributed by atoms with E-state index < -0.39 is 15.9 Å². The number of ether oxygens (including phenoxy) is 1. The van der Waals surface area contributed by atoms with Crippen LogP contribution in [0.5, 0.6) is 5.75 Å². The maximum atomic E-state index is 12.4. The Kier molecular flexibility index (Phi) is 6.82. The number of aromatic nitrogens is 1. The van der Waals surface area contributed by atoms with Gasteiger partial charge in [-0.05, 0) is 47.9 Å². The fourth-order valence-electron chi connectivity index (χ4n) is 2.96. The summed E-state index contributed by atoms with van der Waals surface area (Å²) in [6, 6.07) is 19.3. The second-order valence-electron chi connectivity index (χ2n) is 6.74. The van der Waals surface area contributed by atoms with Crippen LogP contribution in [0.4, 0.5) is 10.8 Å². The molecule has 0 saturated carbocycles. The summed E-state index contributed by atoms with van der Waals surface area (Å²) in [6.45, 7) is -0.213. The van der Waals surface area contributed by atoms with Crippen molar-refractivity contribution in [1.29, 1.82) is 0 Å².